The van der Waals surface area contributed by atoms with Crippen LogP contribution >= 0.6 is 0 Å². The third-order valence-corrected chi connectivity index (χ3v) is 4.98. The number of likely N-dealkylation sites (tertiary alicyclic amines) is 1. The van der Waals surface area contributed by atoms with Crippen LogP contribution in [0.4, 0.5) is 0 Å². The summed E-state index contributed by atoms with van der Waals surface area (Å²) in [5.41, 5.74) is 5.73. The van der Waals surface area contributed by atoms with Crippen molar-refractivity contribution in [1.82, 2.24) is 10.2 Å². The van der Waals surface area contributed by atoms with E-state index in [9.17, 15) is 4.79 Å². The van der Waals surface area contributed by atoms with Crippen LogP contribution in [0.5, 0.6) is 0 Å². The lowest BCUT2D eigenvalue weighted by molar-refractivity contribution is -0.126. The molecule has 0 spiro atoms. The molecule has 3 N–H and O–H groups in total. The van der Waals surface area contributed by atoms with Gasteiger partial charge in [-0.2, -0.15) is 0 Å². The molecule has 1 heterocycles. The Bertz CT molecular complexity index is 374. The average Bonchev–Trinajstić information content (AvgIpc) is 3.18. The number of amides is 1. The van der Waals surface area contributed by atoms with Crippen LogP contribution in [0.1, 0.15) is 46.0 Å². The van der Waals surface area contributed by atoms with Crippen molar-refractivity contribution in [2.24, 2.45) is 17.1 Å². The molecule has 1 aliphatic heterocycles. The largest absolute Gasteiger partial charge is 0.368 e. The topological polar surface area (TPSA) is 58.4 Å². The second-order valence-electron chi connectivity index (χ2n) is 7.65. The van der Waals surface area contributed by atoms with E-state index in [2.05, 4.69) is 24.1 Å². The maximum absolute atomic E-state index is 12.1. The van der Waals surface area contributed by atoms with Gasteiger partial charge in [-0.1, -0.05) is 13.8 Å². The monoisotopic (exact) mass is 265 g/mol. The van der Waals surface area contributed by atoms with Gasteiger partial charge in [-0.15, -0.1) is 0 Å². The summed E-state index contributed by atoms with van der Waals surface area (Å²) in [6.07, 6.45) is 5.93. The number of hydrogen-bond acceptors (Lipinski definition) is 3. The molecule has 4 nitrogen and oxygen atoms in total. The third-order valence-electron chi connectivity index (χ3n) is 4.98. The molecule has 3 fully saturated rings. The van der Waals surface area contributed by atoms with Crippen molar-refractivity contribution in [1.29, 1.82) is 0 Å². The predicted molar refractivity (Wildman–Crippen MR) is 75.6 cm³/mol. The summed E-state index contributed by atoms with van der Waals surface area (Å²) >= 11 is 0. The van der Waals surface area contributed by atoms with Gasteiger partial charge in [-0.25, -0.2) is 0 Å². The predicted octanol–water partition coefficient (Wildman–Crippen LogP) is 1.10. The number of primary amides is 1. The Morgan fingerprint density at radius 1 is 1.37 bits per heavy atom. The van der Waals surface area contributed by atoms with E-state index in [0.29, 0.717) is 17.4 Å². The average molecular weight is 265 g/mol. The van der Waals surface area contributed by atoms with Crippen LogP contribution in [0.2, 0.25) is 0 Å². The molecule has 1 unspecified atom stereocenters. The summed E-state index contributed by atoms with van der Waals surface area (Å²) in [6.45, 7) is 7.61. The van der Waals surface area contributed by atoms with E-state index >= 15 is 0 Å². The summed E-state index contributed by atoms with van der Waals surface area (Å²) in [7, 11) is 0. The van der Waals surface area contributed by atoms with E-state index < -0.39 is 5.54 Å². The van der Waals surface area contributed by atoms with E-state index in [1.54, 1.807) is 0 Å². The van der Waals surface area contributed by atoms with Crippen molar-refractivity contribution in [3.63, 3.8) is 0 Å². The number of nitrogens with one attached hydrogen (secondary N) is 1. The van der Waals surface area contributed by atoms with Gasteiger partial charge >= 0.3 is 0 Å². The fraction of sp³-hybridized carbons (Fsp3) is 0.933. The van der Waals surface area contributed by atoms with Crippen molar-refractivity contribution >= 4 is 5.91 Å². The molecular weight excluding hydrogens is 238 g/mol. The number of nitrogens with two attached hydrogens (primary N) is 1. The van der Waals surface area contributed by atoms with Crippen molar-refractivity contribution < 1.29 is 4.79 Å². The van der Waals surface area contributed by atoms with Crippen LogP contribution in [0.25, 0.3) is 0 Å². The Morgan fingerprint density at radius 2 is 2.05 bits per heavy atom. The quantitative estimate of drug-likeness (QED) is 0.756. The zero-order valence-corrected chi connectivity index (χ0v) is 12.2. The first-order valence-electron chi connectivity index (χ1n) is 7.71. The maximum atomic E-state index is 12.1. The first-order chi connectivity index (χ1) is 8.91. The SMILES string of the molecule is CC1(C)CCN(CC(NC2CC2)(C(N)=O)C2CC2)C1. The molecule has 1 saturated heterocycles. The number of carbonyl (C=O) groups is 1. The van der Waals surface area contributed by atoms with Gasteiger partial charge in [-0.05, 0) is 50.0 Å². The molecule has 0 bridgehead atoms. The minimum atomic E-state index is -0.457. The number of hydrogen-bond donors (Lipinski definition) is 2. The highest BCUT2D eigenvalue weighted by Crippen LogP contribution is 2.43. The van der Waals surface area contributed by atoms with Gasteiger partial charge in [0.25, 0.3) is 0 Å². The van der Waals surface area contributed by atoms with E-state index in [1.807, 2.05) is 0 Å². The lowest BCUT2D eigenvalue weighted by Crippen LogP contribution is -2.63. The maximum Gasteiger partial charge on any atom is 0.239 e. The van der Waals surface area contributed by atoms with Crippen molar-refractivity contribution in [2.75, 3.05) is 19.6 Å². The summed E-state index contributed by atoms with van der Waals surface area (Å²) in [6, 6.07) is 0.531. The van der Waals surface area contributed by atoms with Crippen molar-refractivity contribution in [3.05, 3.63) is 0 Å². The second-order valence-corrected chi connectivity index (χ2v) is 7.65. The fourth-order valence-corrected chi connectivity index (χ4v) is 3.52. The molecule has 4 heteroatoms. The smallest absolute Gasteiger partial charge is 0.239 e. The number of rotatable bonds is 6. The molecule has 1 amide bonds. The van der Waals surface area contributed by atoms with E-state index in [1.165, 1.54) is 19.3 Å². The Labute approximate surface area is 116 Å². The zero-order valence-electron chi connectivity index (χ0n) is 12.2. The summed E-state index contributed by atoms with van der Waals surface area (Å²) in [5, 5.41) is 3.60. The first kappa shape index (κ1) is 13.4. The standard InChI is InChI=1S/C15H27N3O/c1-14(2)7-8-18(9-14)10-15(13(16)19,11-3-4-11)17-12-5-6-12/h11-12,17H,3-10H2,1-2H3,(H2,16,19). The minimum absolute atomic E-state index is 0.133. The molecule has 0 aromatic carbocycles. The van der Waals surface area contributed by atoms with Gasteiger partial charge in [-0.3, -0.25) is 10.1 Å². The summed E-state index contributed by atoms with van der Waals surface area (Å²) < 4.78 is 0. The molecule has 2 saturated carbocycles. The summed E-state index contributed by atoms with van der Waals surface area (Å²) in [4.78, 5) is 14.6. The summed E-state index contributed by atoms with van der Waals surface area (Å²) in [5.74, 6) is 0.334. The molecule has 108 valence electrons. The van der Waals surface area contributed by atoms with Crippen molar-refractivity contribution in [3.8, 4) is 0 Å². The Morgan fingerprint density at radius 3 is 2.47 bits per heavy atom. The van der Waals surface area contributed by atoms with Gasteiger partial charge < -0.3 is 10.6 Å². The van der Waals surface area contributed by atoms with Crippen LogP contribution in [0, 0.1) is 11.3 Å². The van der Waals surface area contributed by atoms with Crippen LogP contribution in [0.3, 0.4) is 0 Å². The second kappa shape index (κ2) is 4.45. The van der Waals surface area contributed by atoms with Crippen LogP contribution in [-0.2, 0) is 4.79 Å². The molecule has 19 heavy (non-hydrogen) atoms. The lowest BCUT2D eigenvalue weighted by Gasteiger charge is -2.36. The molecule has 1 atom stereocenters. The van der Waals surface area contributed by atoms with Crippen LogP contribution in [-0.4, -0.2) is 42.0 Å². The highest BCUT2D eigenvalue weighted by atomic mass is 16.1. The van der Waals surface area contributed by atoms with Crippen LogP contribution < -0.4 is 11.1 Å². The highest BCUT2D eigenvalue weighted by molar-refractivity contribution is 5.86. The van der Waals surface area contributed by atoms with Crippen molar-refractivity contribution in [2.45, 2.75) is 57.5 Å². The first-order valence-corrected chi connectivity index (χ1v) is 7.71. The minimum Gasteiger partial charge on any atom is -0.368 e. The van der Waals surface area contributed by atoms with Gasteiger partial charge in [0.1, 0.15) is 5.54 Å². The van der Waals surface area contributed by atoms with Gasteiger partial charge in [0.05, 0.1) is 0 Å². The molecular formula is C15H27N3O. The molecule has 0 aromatic rings. The van der Waals surface area contributed by atoms with Crippen LogP contribution in [0.15, 0.2) is 0 Å². The van der Waals surface area contributed by atoms with Gasteiger partial charge in [0, 0.05) is 19.1 Å². The molecule has 0 aromatic heterocycles. The molecule has 3 rings (SSSR count). The van der Waals surface area contributed by atoms with Gasteiger partial charge in [0.15, 0.2) is 0 Å². The molecule has 3 aliphatic rings. The highest BCUT2D eigenvalue weighted by Gasteiger charge is 2.53. The Balaban J connectivity index is 1.73. The van der Waals surface area contributed by atoms with Gasteiger partial charge in [0.2, 0.25) is 5.91 Å². The van der Waals surface area contributed by atoms with E-state index in [0.717, 1.165) is 32.5 Å². The van der Waals surface area contributed by atoms with E-state index in [-0.39, 0.29) is 5.91 Å². The fourth-order valence-electron chi connectivity index (χ4n) is 3.52. The number of carbonyl (C=O) groups excluding carboxylic acids is 1. The number of nitrogens with zero attached hydrogens (tertiary/aromatic N) is 1. The zero-order chi connectivity index (χ0) is 13.7. The Hall–Kier alpha value is -0.610. The molecule has 0 radical (unpaired) electrons. The normalized spacial score (nSPS) is 30.2. The third kappa shape index (κ3) is 2.79. The molecule has 2 aliphatic carbocycles. The Kier molecular flexibility index (Phi) is 3.13. The van der Waals surface area contributed by atoms with E-state index in [4.69, 9.17) is 5.73 Å². The lowest BCUT2D eigenvalue weighted by atomic mass is 9.90.